The average Bonchev–Trinajstić information content (AvgIpc) is 3.07. The summed E-state index contributed by atoms with van der Waals surface area (Å²) < 4.78 is 5.23. The largest absolute Gasteiger partial charge is 0.462 e. The SMILES string of the molecule is CCCCOC(=O)c1ccc(C(CCC)c2ncc[nH]2)cc1. The van der Waals surface area contributed by atoms with Crippen LogP contribution in [0.3, 0.4) is 0 Å². The van der Waals surface area contributed by atoms with Gasteiger partial charge in [0.05, 0.1) is 12.2 Å². The molecule has 0 fully saturated rings. The maximum absolute atomic E-state index is 11.9. The number of hydrogen-bond acceptors (Lipinski definition) is 3. The predicted octanol–water partition coefficient (Wildman–Crippen LogP) is 4.30. The number of hydrogen-bond donors (Lipinski definition) is 1. The minimum absolute atomic E-state index is 0.241. The molecule has 0 aliphatic heterocycles. The number of esters is 1. The Bertz CT molecular complexity index is 561. The van der Waals surface area contributed by atoms with Gasteiger partial charge in [0.2, 0.25) is 0 Å². The van der Waals surface area contributed by atoms with E-state index in [4.69, 9.17) is 4.74 Å². The number of carbonyl (C=O) groups is 1. The highest BCUT2D eigenvalue weighted by molar-refractivity contribution is 5.89. The first-order chi connectivity index (χ1) is 10.8. The van der Waals surface area contributed by atoms with Crippen molar-refractivity contribution in [2.24, 2.45) is 0 Å². The van der Waals surface area contributed by atoms with Crippen LogP contribution in [0.4, 0.5) is 0 Å². The molecule has 22 heavy (non-hydrogen) atoms. The molecular weight excluding hydrogens is 276 g/mol. The second-order valence-corrected chi connectivity index (χ2v) is 5.43. The third-order valence-corrected chi connectivity index (χ3v) is 3.71. The fourth-order valence-electron chi connectivity index (χ4n) is 2.46. The Morgan fingerprint density at radius 2 is 2.00 bits per heavy atom. The minimum Gasteiger partial charge on any atom is -0.462 e. The summed E-state index contributed by atoms with van der Waals surface area (Å²) in [5, 5.41) is 0. The van der Waals surface area contributed by atoms with E-state index in [9.17, 15) is 4.79 Å². The Labute approximate surface area is 131 Å². The first-order valence-electron chi connectivity index (χ1n) is 8.02. The van der Waals surface area contributed by atoms with Crippen molar-refractivity contribution in [3.05, 3.63) is 53.6 Å². The van der Waals surface area contributed by atoms with E-state index in [0.717, 1.165) is 31.5 Å². The highest BCUT2D eigenvalue weighted by Crippen LogP contribution is 2.27. The monoisotopic (exact) mass is 300 g/mol. The summed E-state index contributed by atoms with van der Waals surface area (Å²) in [7, 11) is 0. The Balaban J connectivity index is 2.08. The number of nitrogens with zero attached hydrogens (tertiary/aromatic N) is 1. The number of carbonyl (C=O) groups excluding carboxylic acids is 1. The van der Waals surface area contributed by atoms with Crippen LogP contribution in [0.15, 0.2) is 36.7 Å². The number of rotatable bonds is 8. The highest BCUT2D eigenvalue weighted by atomic mass is 16.5. The summed E-state index contributed by atoms with van der Waals surface area (Å²) >= 11 is 0. The number of imidazole rings is 1. The van der Waals surface area contributed by atoms with Gasteiger partial charge < -0.3 is 9.72 Å². The van der Waals surface area contributed by atoms with Crippen LogP contribution in [0.5, 0.6) is 0 Å². The van der Waals surface area contributed by atoms with Gasteiger partial charge in [-0.1, -0.05) is 38.8 Å². The van der Waals surface area contributed by atoms with Crippen LogP contribution in [0.1, 0.15) is 67.2 Å². The molecule has 2 rings (SSSR count). The predicted molar refractivity (Wildman–Crippen MR) is 87.0 cm³/mol. The fraction of sp³-hybridized carbons (Fsp3) is 0.444. The Kier molecular flexibility index (Phi) is 6.19. The zero-order valence-electron chi connectivity index (χ0n) is 13.3. The number of aromatic nitrogens is 2. The maximum Gasteiger partial charge on any atom is 0.338 e. The van der Waals surface area contributed by atoms with Crippen molar-refractivity contribution in [2.75, 3.05) is 6.61 Å². The maximum atomic E-state index is 11.9. The van der Waals surface area contributed by atoms with Gasteiger partial charge in [0.1, 0.15) is 5.82 Å². The molecule has 4 nitrogen and oxygen atoms in total. The van der Waals surface area contributed by atoms with E-state index in [0.29, 0.717) is 12.2 Å². The lowest BCUT2D eigenvalue weighted by Gasteiger charge is -2.14. The first kappa shape index (κ1) is 16.3. The molecule has 0 aliphatic rings. The van der Waals surface area contributed by atoms with Crippen LogP contribution in [-0.2, 0) is 4.74 Å². The van der Waals surface area contributed by atoms with Crippen molar-refractivity contribution < 1.29 is 9.53 Å². The molecule has 1 aromatic carbocycles. The molecule has 2 aromatic rings. The quantitative estimate of drug-likeness (QED) is 0.584. The average molecular weight is 300 g/mol. The van der Waals surface area contributed by atoms with E-state index in [1.165, 1.54) is 5.56 Å². The summed E-state index contributed by atoms with van der Waals surface area (Å²) in [6.45, 7) is 4.72. The zero-order chi connectivity index (χ0) is 15.8. The van der Waals surface area contributed by atoms with Gasteiger partial charge in [0.15, 0.2) is 0 Å². The van der Waals surface area contributed by atoms with Crippen molar-refractivity contribution in [1.82, 2.24) is 9.97 Å². The van der Waals surface area contributed by atoms with E-state index in [1.807, 2.05) is 30.5 Å². The summed E-state index contributed by atoms with van der Waals surface area (Å²) in [4.78, 5) is 19.5. The van der Waals surface area contributed by atoms with E-state index in [-0.39, 0.29) is 11.9 Å². The smallest absolute Gasteiger partial charge is 0.338 e. The number of ether oxygens (including phenoxy) is 1. The van der Waals surface area contributed by atoms with Crippen molar-refractivity contribution in [2.45, 2.75) is 45.4 Å². The van der Waals surface area contributed by atoms with Gasteiger partial charge in [0, 0.05) is 18.3 Å². The molecule has 0 saturated heterocycles. The Morgan fingerprint density at radius 3 is 2.59 bits per heavy atom. The molecule has 1 aromatic heterocycles. The van der Waals surface area contributed by atoms with Crippen LogP contribution < -0.4 is 0 Å². The molecule has 0 spiro atoms. The van der Waals surface area contributed by atoms with Crippen LogP contribution in [0.25, 0.3) is 0 Å². The van der Waals surface area contributed by atoms with E-state index in [2.05, 4.69) is 23.8 Å². The molecule has 1 heterocycles. The van der Waals surface area contributed by atoms with E-state index < -0.39 is 0 Å². The van der Waals surface area contributed by atoms with E-state index in [1.54, 1.807) is 6.20 Å². The highest BCUT2D eigenvalue weighted by Gasteiger charge is 2.16. The normalized spacial score (nSPS) is 12.1. The summed E-state index contributed by atoms with van der Waals surface area (Å²) in [6.07, 6.45) is 7.64. The van der Waals surface area contributed by atoms with Gasteiger partial charge in [-0.2, -0.15) is 0 Å². The van der Waals surface area contributed by atoms with Gasteiger partial charge in [-0.15, -0.1) is 0 Å². The first-order valence-corrected chi connectivity index (χ1v) is 8.02. The number of benzene rings is 1. The summed E-state index contributed by atoms with van der Waals surface area (Å²) in [5.74, 6) is 0.968. The van der Waals surface area contributed by atoms with Gasteiger partial charge >= 0.3 is 5.97 Å². The molecule has 0 bridgehead atoms. The number of unbranched alkanes of at least 4 members (excludes halogenated alkanes) is 1. The molecule has 0 aliphatic carbocycles. The molecular formula is C18H24N2O2. The van der Waals surface area contributed by atoms with Gasteiger partial charge in [-0.25, -0.2) is 9.78 Å². The summed E-state index contributed by atoms with van der Waals surface area (Å²) in [5.41, 5.74) is 1.77. The third kappa shape index (κ3) is 4.20. The van der Waals surface area contributed by atoms with Crippen molar-refractivity contribution in [3.63, 3.8) is 0 Å². The van der Waals surface area contributed by atoms with Gasteiger partial charge in [-0.05, 0) is 30.5 Å². The van der Waals surface area contributed by atoms with Crippen LogP contribution in [0.2, 0.25) is 0 Å². The second kappa shape index (κ2) is 8.37. The number of nitrogens with one attached hydrogen (secondary N) is 1. The Hall–Kier alpha value is -2.10. The Morgan fingerprint density at radius 1 is 1.23 bits per heavy atom. The second-order valence-electron chi connectivity index (χ2n) is 5.43. The molecule has 1 atom stereocenters. The zero-order valence-corrected chi connectivity index (χ0v) is 13.3. The summed E-state index contributed by atoms with van der Waals surface area (Å²) in [6, 6.07) is 7.68. The van der Waals surface area contributed by atoms with Crippen molar-refractivity contribution >= 4 is 5.97 Å². The lowest BCUT2D eigenvalue weighted by atomic mass is 9.93. The minimum atomic E-state index is -0.245. The molecule has 0 saturated carbocycles. The van der Waals surface area contributed by atoms with Gasteiger partial charge in [0.25, 0.3) is 0 Å². The van der Waals surface area contributed by atoms with Crippen molar-refractivity contribution in [3.8, 4) is 0 Å². The number of H-pyrrole nitrogens is 1. The molecule has 0 amide bonds. The molecule has 1 unspecified atom stereocenters. The van der Waals surface area contributed by atoms with E-state index >= 15 is 0 Å². The lowest BCUT2D eigenvalue weighted by Crippen LogP contribution is -2.07. The van der Waals surface area contributed by atoms with Crippen LogP contribution in [-0.4, -0.2) is 22.5 Å². The topological polar surface area (TPSA) is 55.0 Å². The molecule has 0 radical (unpaired) electrons. The molecule has 118 valence electrons. The van der Waals surface area contributed by atoms with Gasteiger partial charge in [-0.3, -0.25) is 0 Å². The fourth-order valence-corrected chi connectivity index (χ4v) is 2.46. The van der Waals surface area contributed by atoms with Crippen LogP contribution >= 0.6 is 0 Å². The standard InChI is InChI=1S/C18H24N2O2/c1-3-5-13-22-18(21)15-9-7-14(8-10-15)16(6-4-2)17-19-11-12-20-17/h7-12,16H,3-6,13H2,1-2H3,(H,19,20). The van der Waals surface area contributed by atoms with Crippen molar-refractivity contribution in [1.29, 1.82) is 0 Å². The van der Waals surface area contributed by atoms with Crippen LogP contribution in [0, 0.1) is 0 Å². The molecule has 1 N–H and O–H groups in total. The number of aromatic amines is 1. The third-order valence-electron chi connectivity index (χ3n) is 3.71. The molecule has 4 heteroatoms. The lowest BCUT2D eigenvalue weighted by molar-refractivity contribution is 0.0499.